The van der Waals surface area contributed by atoms with E-state index in [9.17, 15) is 4.39 Å². The van der Waals surface area contributed by atoms with Crippen molar-refractivity contribution in [3.63, 3.8) is 0 Å². The fourth-order valence-electron chi connectivity index (χ4n) is 2.03. The molecule has 0 amide bonds. The van der Waals surface area contributed by atoms with Crippen LogP contribution in [-0.4, -0.2) is 41.6 Å². The molecule has 0 radical (unpaired) electrons. The van der Waals surface area contributed by atoms with E-state index in [1.807, 2.05) is 6.08 Å². The Hall–Kier alpha value is -2.49. The minimum absolute atomic E-state index is 0.395. The fourth-order valence-corrected chi connectivity index (χ4v) is 2.72. The normalized spacial score (nSPS) is 12.8. The molecule has 1 atom stereocenters. The molecule has 2 heterocycles. The summed E-state index contributed by atoms with van der Waals surface area (Å²) in [6.07, 6.45) is 4.36. The van der Waals surface area contributed by atoms with Gasteiger partial charge in [-0.25, -0.2) is 19.8 Å². The van der Waals surface area contributed by atoms with Gasteiger partial charge < -0.3 is 14.3 Å². The van der Waals surface area contributed by atoms with Gasteiger partial charge in [-0.2, -0.15) is 0 Å². The van der Waals surface area contributed by atoms with E-state index in [0.717, 1.165) is 4.88 Å². The van der Waals surface area contributed by atoms with Crippen LogP contribution in [-0.2, 0) is 4.84 Å². The number of anilines is 1. The number of rotatable bonds is 8. The van der Waals surface area contributed by atoms with Crippen LogP contribution in [0, 0.1) is 0 Å². The molecule has 2 aromatic heterocycles. The van der Waals surface area contributed by atoms with E-state index >= 15 is 0 Å². The first kappa shape index (κ1) is 17.3. The van der Waals surface area contributed by atoms with Gasteiger partial charge >= 0.3 is 0 Å². The van der Waals surface area contributed by atoms with Gasteiger partial charge in [-0.3, -0.25) is 4.84 Å². The van der Waals surface area contributed by atoms with Crippen LogP contribution in [0.15, 0.2) is 28.8 Å². The zero-order valence-corrected chi connectivity index (χ0v) is 14.1. The Kier molecular flexibility index (Phi) is 5.59. The molecule has 132 valence electrons. The highest BCUT2D eigenvalue weighted by Gasteiger charge is 2.11. The van der Waals surface area contributed by atoms with Crippen molar-refractivity contribution in [2.45, 2.75) is 6.10 Å². The second-order valence-electron chi connectivity index (χ2n) is 4.97. The lowest BCUT2D eigenvalue weighted by atomic mass is 10.3. The highest BCUT2D eigenvalue weighted by molar-refractivity contribution is 7.16. The maximum Gasteiger partial charge on any atom is 0.220 e. The van der Waals surface area contributed by atoms with Crippen molar-refractivity contribution in [2.75, 3.05) is 25.9 Å². The number of ether oxygens (including phenoxy) is 1. The first-order valence-corrected chi connectivity index (χ1v) is 8.20. The van der Waals surface area contributed by atoms with E-state index in [4.69, 9.17) is 19.1 Å². The van der Waals surface area contributed by atoms with Gasteiger partial charge in [-0.1, -0.05) is 11.3 Å². The van der Waals surface area contributed by atoms with Gasteiger partial charge in [0.05, 0.1) is 13.7 Å². The number of halogens is 1. The van der Waals surface area contributed by atoms with Crippen molar-refractivity contribution in [2.24, 2.45) is 0 Å². The minimum Gasteiger partial charge on any atom is -0.485 e. The summed E-state index contributed by atoms with van der Waals surface area (Å²) in [6, 6.07) is 4.99. The second kappa shape index (κ2) is 8.06. The Morgan fingerprint density at radius 2 is 2.32 bits per heavy atom. The summed E-state index contributed by atoms with van der Waals surface area (Å²) in [7, 11) is 1.52. The fraction of sp³-hybridized carbons (Fsp3) is 0.250. The number of hydrogen-bond donors (Lipinski definition) is 2. The molecule has 1 unspecified atom stereocenters. The van der Waals surface area contributed by atoms with Crippen LogP contribution >= 0.6 is 11.3 Å². The predicted octanol–water partition coefficient (Wildman–Crippen LogP) is 3.14. The molecule has 3 aromatic rings. The number of nitrogens with one attached hydrogen (secondary N) is 1. The summed E-state index contributed by atoms with van der Waals surface area (Å²) in [5.41, 5.74) is 3.82. The molecule has 0 aliphatic heterocycles. The molecule has 0 bridgehead atoms. The molecular formula is C16H16FN3O4S. The average molecular weight is 365 g/mol. The summed E-state index contributed by atoms with van der Waals surface area (Å²) in [5.74, 6) is 0.833. The van der Waals surface area contributed by atoms with Gasteiger partial charge in [0.25, 0.3) is 0 Å². The first-order chi connectivity index (χ1) is 12.2. The summed E-state index contributed by atoms with van der Waals surface area (Å²) in [4.78, 5) is 14.2. The summed E-state index contributed by atoms with van der Waals surface area (Å²) >= 11 is 1.42. The number of thiazole rings is 1. The zero-order valence-electron chi connectivity index (χ0n) is 13.3. The minimum atomic E-state index is -0.888. The highest BCUT2D eigenvalue weighted by Crippen LogP contribution is 2.24. The van der Waals surface area contributed by atoms with Crippen molar-refractivity contribution < 1.29 is 23.5 Å². The van der Waals surface area contributed by atoms with Gasteiger partial charge in [-0.05, 0) is 18.2 Å². The van der Waals surface area contributed by atoms with E-state index in [2.05, 4.69) is 15.4 Å². The number of fused-ring (bicyclic) bond motifs is 1. The van der Waals surface area contributed by atoms with Crippen molar-refractivity contribution in [3.05, 3.63) is 35.2 Å². The molecule has 7 nitrogen and oxygen atoms in total. The van der Waals surface area contributed by atoms with E-state index in [1.54, 1.807) is 30.5 Å². The Morgan fingerprint density at radius 1 is 1.44 bits per heavy atom. The molecule has 0 spiro atoms. The number of aliphatic hydroxyl groups is 1. The van der Waals surface area contributed by atoms with E-state index < -0.39 is 19.4 Å². The quantitative estimate of drug-likeness (QED) is 0.593. The third-order valence-corrected chi connectivity index (χ3v) is 4.02. The highest BCUT2D eigenvalue weighted by atomic mass is 32.1. The largest absolute Gasteiger partial charge is 0.485 e. The Morgan fingerprint density at radius 3 is 3.08 bits per heavy atom. The van der Waals surface area contributed by atoms with Gasteiger partial charge in [0, 0.05) is 23.2 Å². The standard InChI is InChI=1S/C16H16FN3O4S/c1-22-20-16-18-8-12(25-16)3-5-15-19-13-4-2-10(6-14(13)24-15)23-11(7-17)9-21/h2-6,8,11,21H,7,9H2,1H3,(H,18,20)/b5-3+. The lowest BCUT2D eigenvalue weighted by Gasteiger charge is -2.12. The molecular weight excluding hydrogens is 349 g/mol. The van der Waals surface area contributed by atoms with E-state index in [1.165, 1.54) is 18.4 Å². The third-order valence-electron chi connectivity index (χ3n) is 3.16. The van der Waals surface area contributed by atoms with E-state index in [-0.39, 0.29) is 0 Å². The Bertz CT molecular complexity index is 860. The summed E-state index contributed by atoms with van der Waals surface area (Å²) < 4.78 is 23.6. The number of aliphatic hydroxyl groups excluding tert-OH is 1. The van der Waals surface area contributed by atoms with Crippen LogP contribution < -0.4 is 10.2 Å². The maximum atomic E-state index is 12.6. The number of benzene rings is 1. The van der Waals surface area contributed by atoms with Crippen molar-refractivity contribution in [1.82, 2.24) is 9.97 Å². The first-order valence-electron chi connectivity index (χ1n) is 7.39. The third kappa shape index (κ3) is 4.32. The lowest BCUT2D eigenvalue weighted by molar-refractivity contribution is 0.0932. The smallest absolute Gasteiger partial charge is 0.220 e. The van der Waals surface area contributed by atoms with Crippen LogP contribution in [0.1, 0.15) is 10.8 Å². The maximum absolute atomic E-state index is 12.6. The molecule has 3 rings (SSSR count). The molecule has 0 aliphatic carbocycles. The summed E-state index contributed by atoms with van der Waals surface area (Å²) in [5, 5.41) is 9.64. The SMILES string of the molecule is CONc1ncc(/C=C/c2nc3ccc(OC(CO)CF)cc3o2)s1. The topological polar surface area (TPSA) is 89.6 Å². The van der Waals surface area contributed by atoms with E-state index in [0.29, 0.717) is 27.9 Å². The van der Waals surface area contributed by atoms with Crippen LogP contribution in [0.2, 0.25) is 0 Å². The van der Waals surface area contributed by atoms with Crippen LogP contribution in [0.25, 0.3) is 23.3 Å². The average Bonchev–Trinajstić information content (AvgIpc) is 3.24. The van der Waals surface area contributed by atoms with Crippen molar-refractivity contribution in [1.29, 1.82) is 0 Å². The molecule has 0 saturated heterocycles. The molecule has 9 heteroatoms. The second-order valence-corrected chi connectivity index (χ2v) is 6.03. The zero-order chi connectivity index (χ0) is 17.6. The van der Waals surface area contributed by atoms with Crippen molar-refractivity contribution >= 4 is 39.7 Å². The van der Waals surface area contributed by atoms with Crippen LogP contribution in [0.3, 0.4) is 0 Å². The monoisotopic (exact) mass is 365 g/mol. The van der Waals surface area contributed by atoms with Gasteiger partial charge in [-0.15, -0.1) is 0 Å². The number of oxazole rings is 1. The number of nitrogens with zero attached hydrogens (tertiary/aromatic N) is 2. The molecule has 25 heavy (non-hydrogen) atoms. The summed E-state index contributed by atoms with van der Waals surface area (Å²) in [6.45, 7) is -1.17. The molecule has 0 fully saturated rings. The number of alkyl halides is 1. The van der Waals surface area contributed by atoms with Crippen molar-refractivity contribution in [3.8, 4) is 5.75 Å². The Balaban J connectivity index is 1.75. The van der Waals surface area contributed by atoms with Gasteiger partial charge in [0.15, 0.2) is 5.58 Å². The Labute approximate surface area is 146 Å². The number of hydrogen-bond acceptors (Lipinski definition) is 8. The van der Waals surface area contributed by atoms with Gasteiger partial charge in [0.1, 0.15) is 24.0 Å². The lowest BCUT2D eigenvalue weighted by Crippen LogP contribution is -2.23. The molecule has 0 saturated carbocycles. The molecule has 1 aromatic carbocycles. The molecule has 0 aliphatic rings. The predicted molar refractivity (Wildman–Crippen MR) is 93.2 cm³/mol. The van der Waals surface area contributed by atoms with Crippen LogP contribution in [0.4, 0.5) is 9.52 Å². The van der Waals surface area contributed by atoms with Gasteiger partial charge in [0.2, 0.25) is 11.0 Å². The molecule has 2 N–H and O–H groups in total. The van der Waals surface area contributed by atoms with Crippen LogP contribution in [0.5, 0.6) is 5.75 Å². The number of aromatic nitrogens is 2.